The molecule has 2 heterocycles. The highest BCUT2D eigenvalue weighted by Crippen LogP contribution is 2.11. The second-order valence-electron chi connectivity index (χ2n) is 5.25. The summed E-state index contributed by atoms with van der Waals surface area (Å²) in [4.78, 5) is 23.9. The number of carbonyl (C=O) groups is 1. The molecule has 0 aliphatic rings. The molecule has 0 atom stereocenters. The van der Waals surface area contributed by atoms with E-state index < -0.39 is 11.7 Å². The van der Waals surface area contributed by atoms with Gasteiger partial charge in [-0.05, 0) is 29.0 Å². The van der Waals surface area contributed by atoms with Gasteiger partial charge in [0.2, 0.25) is 0 Å². The second kappa shape index (κ2) is 7.07. The van der Waals surface area contributed by atoms with Crippen molar-refractivity contribution in [2.24, 2.45) is 0 Å². The molecule has 2 aromatic heterocycles. The number of oxazole rings is 1. The fourth-order valence-electron chi connectivity index (χ4n) is 2.29. The van der Waals surface area contributed by atoms with Gasteiger partial charge in [0.1, 0.15) is 6.54 Å². The van der Waals surface area contributed by atoms with Crippen LogP contribution in [0.15, 0.2) is 33.5 Å². The summed E-state index contributed by atoms with van der Waals surface area (Å²) in [6.45, 7) is 2.46. The lowest BCUT2D eigenvalue weighted by Crippen LogP contribution is -2.22. The fraction of sp³-hybridized carbons (Fsp3) is 0.400. The fourth-order valence-corrected chi connectivity index (χ4v) is 2.29. The molecule has 0 fully saturated rings. The Morgan fingerprint density at radius 1 is 1.33 bits per heavy atom. The van der Waals surface area contributed by atoms with Crippen molar-refractivity contribution in [1.82, 2.24) is 24.8 Å². The van der Waals surface area contributed by atoms with Crippen molar-refractivity contribution in [1.29, 1.82) is 0 Å². The molecule has 9 heteroatoms. The van der Waals surface area contributed by atoms with E-state index in [1.165, 1.54) is 4.57 Å². The van der Waals surface area contributed by atoms with Gasteiger partial charge in [-0.1, -0.05) is 25.5 Å². The summed E-state index contributed by atoms with van der Waals surface area (Å²) in [7, 11) is 0. The molecule has 3 rings (SSSR count). The number of ether oxygens (including phenoxy) is 1. The maximum Gasteiger partial charge on any atom is 0.420 e. The third-order valence-electron chi connectivity index (χ3n) is 3.55. The van der Waals surface area contributed by atoms with Gasteiger partial charge in [0.15, 0.2) is 18.0 Å². The first-order valence-electron chi connectivity index (χ1n) is 7.68. The van der Waals surface area contributed by atoms with Gasteiger partial charge in [0, 0.05) is 6.54 Å². The van der Waals surface area contributed by atoms with Gasteiger partial charge >= 0.3 is 11.7 Å². The van der Waals surface area contributed by atoms with Crippen LogP contribution in [-0.2, 0) is 29.2 Å². The zero-order valence-corrected chi connectivity index (χ0v) is 13.2. The number of carbonyl (C=O) groups excluding carboxylic acids is 1. The van der Waals surface area contributed by atoms with E-state index in [1.807, 2.05) is 0 Å². The minimum atomic E-state index is -0.596. The van der Waals surface area contributed by atoms with Gasteiger partial charge in [-0.25, -0.2) is 9.48 Å². The average Bonchev–Trinajstić information content (AvgIpc) is 3.15. The number of aromatic nitrogens is 5. The van der Waals surface area contributed by atoms with E-state index in [4.69, 9.17) is 9.15 Å². The lowest BCUT2D eigenvalue weighted by Gasteiger charge is -2.06. The Morgan fingerprint density at radius 3 is 3.00 bits per heavy atom. The van der Waals surface area contributed by atoms with Crippen molar-refractivity contribution >= 4 is 17.1 Å². The van der Waals surface area contributed by atoms with Gasteiger partial charge in [-0.3, -0.25) is 9.36 Å². The van der Waals surface area contributed by atoms with Crippen LogP contribution in [0.2, 0.25) is 0 Å². The number of para-hydroxylation sites is 2. The lowest BCUT2D eigenvalue weighted by molar-refractivity contribution is -0.146. The summed E-state index contributed by atoms with van der Waals surface area (Å²) in [5.74, 6) is -0.684. The van der Waals surface area contributed by atoms with E-state index >= 15 is 0 Å². The average molecular weight is 331 g/mol. The molecule has 3 aromatic rings. The van der Waals surface area contributed by atoms with E-state index in [0.717, 1.165) is 12.8 Å². The summed E-state index contributed by atoms with van der Waals surface area (Å²) in [6.07, 6.45) is 1.94. The third-order valence-corrected chi connectivity index (χ3v) is 3.55. The quantitative estimate of drug-likeness (QED) is 0.597. The number of tetrazole rings is 1. The number of fused-ring (bicyclic) bond motifs is 1. The Balaban J connectivity index is 1.65. The van der Waals surface area contributed by atoms with Crippen LogP contribution in [0.25, 0.3) is 11.1 Å². The minimum Gasteiger partial charge on any atom is -0.456 e. The molecule has 0 saturated carbocycles. The number of hydrogen-bond acceptors (Lipinski definition) is 7. The van der Waals surface area contributed by atoms with Crippen LogP contribution >= 0.6 is 0 Å². The molecule has 0 bridgehead atoms. The molecular weight excluding hydrogens is 314 g/mol. The number of aryl methyl sites for hydroxylation is 1. The van der Waals surface area contributed by atoms with E-state index in [2.05, 4.69) is 22.4 Å². The normalized spacial score (nSPS) is 11.0. The second-order valence-corrected chi connectivity index (χ2v) is 5.25. The first kappa shape index (κ1) is 15.9. The molecule has 24 heavy (non-hydrogen) atoms. The van der Waals surface area contributed by atoms with Gasteiger partial charge in [-0.15, -0.1) is 5.10 Å². The Kier molecular flexibility index (Phi) is 4.69. The van der Waals surface area contributed by atoms with E-state index in [9.17, 15) is 9.59 Å². The van der Waals surface area contributed by atoms with E-state index in [0.29, 0.717) is 23.5 Å². The molecular formula is C15H17N5O4. The highest BCUT2D eigenvalue weighted by atomic mass is 16.5. The van der Waals surface area contributed by atoms with E-state index in [-0.39, 0.29) is 13.2 Å². The third kappa shape index (κ3) is 3.34. The summed E-state index contributed by atoms with van der Waals surface area (Å²) >= 11 is 0. The van der Waals surface area contributed by atoms with Crippen molar-refractivity contribution < 1.29 is 13.9 Å². The number of unbranched alkanes of at least 4 members (excludes halogenated alkanes) is 1. The van der Waals surface area contributed by atoms with Crippen LogP contribution in [-0.4, -0.2) is 30.7 Å². The molecule has 1 aromatic carbocycles. The summed E-state index contributed by atoms with van der Waals surface area (Å²) < 4.78 is 13.1. The summed E-state index contributed by atoms with van der Waals surface area (Å²) in [5.41, 5.74) is 0.978. The zero-order valence-electron chi connectivity index (χ0n) is 13.2. The van der Waals surface area contributed by atoms with Crippen LogP contribution in [0.5, 0.6) is 0 Å². The summed E-state index contributed by atoms with van der Waals surface area (Å²) in [6, 6.07) is 6.89. The van der Waals surface area contributed by atoms with E-state index in [1.54, 1.807) is 28.9 Å². The van der Waals surface area contributed by atoms with Crippen molar-refractivity contribution in [2.45, 2.75) is 39.5 Å². The molecule has 0 amide bonds. The largest absolute Gasteiger partial charge is 0.456 e. The monoisotopic (exact) mass is 331 g/mol. The predicted molar refractivity (Wildman–Crippen MR) is 83.0 cm³/mol. The number of esters is 1. The molecule has 0 radical (unpaired) electrons. The van der Waals surface area contributed by atoms with Crippen LogP contribution in [0.3, 0.4) is 0 Å². The van der Waals surface area contributed by atoms with Gasteiger partial charge in [0.25, 0.3) is 0 Å². The molecule has 0 saturated heterocycles. The minimum absolute atomic E-state index is 0.0416. The maximum absolute atomic E-state index is 12.0. The Morgan fingerprint density at radius 2 is 2.17 bits per heavy atom. The maximum atomic E-state index is 12.0. The number of hydrogen-bond donors (Lipinski definition) is 0. The Hall–Kier alpha value is -2.97. The van der Waals surface area contributed by atoms with Crippen molar-refractivity contribution in [3.63, 3.8) is 0 Å². The Labute approximate surface area is 136 Å². The highest BCUT2D eigenvalue weighted by Gasteiger charge is 2.14. The van der Waals surface area contributed by atoms with Crippen LogP contribution < -0.4 is 5.76 Å². The molecule has 9 nitrogen and oxygen atoms in total. The molecule has 0 N–H and O–H groups in total. The lowest BCUT2D eigenvalue weighted by atomic mass is 10.3. The number of nitrogens with zero attached hydrogens (tertiary/aromatic N) is 5. The Bertz CT molecular complexity index is 895. The van der Waals surface area contributed by atoms with Gasteiger partial charge in [-0.2, -0.15) is 0 Å². The molecule has 0 unspecified atom stereocenters. The molecule has 0 aliphatic carbocycles. The van der Waals surface area contributed by atoms with Crippen LogP contribution in [0.1, 0.15) is 25.6 Å². The SMILES string of the molecule is CCCCn1nnnc1COC(=O)Cn1c(=O)oc2ccccc21. The number of rotatable bonds is 7. The zero-order chi connectivity index (χ0) is 16.9. The van der Waals surface area contributed by atoms with Crippen LogP contribution in [0, 0.1) is 0 Å². The summed E-state index contributed by atoms with van der Waals surface area (Å²) in [5, 5.41) is 11.3. The first-order valence-corrected chi connectivity index (χ1v) is 7.68. The van der Waals surface area contributed by atoms with Crippen molar-refractivity contribution in [3.8, 4) is 0 Å². The van der Waals surface area contributed by atoms with Crippen molar-refractivity contribution in [3.05, 3.63) is 40.6 Å². The van der Waals surface area contributed by atoms with Gasteiger partial charge < -0.3 is 9.15 Å². The van der Waals surface area contributed by atoms with Crippen molar-refractivity contribution in [2.75, 3.05) is 0 Å². The molecule has 0 spiro atoms. The van der Waals surface area contributed by atoms with Crippen LogP contribution in [0.4, 0.5) is 0 Å². The predicted octanol–water partition coefficient (Wildman–Crippen LogP) is 1.12. The van der Waals surface area contributed by atoms with Gasteiger partial charge in [0.05, 0.1) is 5.52 Å². The highest BCUT2D eigenvalue weighted by molar-refractivity contribution is 5.76. The number of benzene rings is 1. The first-order chi connectivity index (χ1) is 11.7. The molecule has 0 aliphatic heterocycles. The standard InChI is InChI=1S/C15H17N5O4/c1-2-3-8-20-13(16-17-18-20)10-23-14(21)9-19-11-6-4-5-7-12(11)24-15(19)22/h4-7H,2-3,8-10H2,1H3. The topological polar surface area (TPSA) is 105 Å². The smallest absolute Gasteiger partial charge is 0.420 e. The molecule has 126 valence electrons.